The minimum Gasteiger partial charge on any atom is -0.481 e. The Morgan fingerprint density at radius 2 is 1.88 bits per heavy atom. The van der Waals surface area contributed by atoms with Gasteiger partial charge in [-0.05, 0) is 38.0 Å². The summed E-state index contributed by atoms with van der Waals surface area (Å²) in [5.74, 6) is -1.42. The van der Waals surface area contributed by atoms with E-state index in [-0.39, 0.29) is 0 Å². The van der Waals surface area contributed by atoms with Crippen LogP contribution in [0.2, 0.25) is 0 Å². The number of hydrogen-bond donors (Lipinski definition) is 1. The highest BCUT2D eigenvalue weighted by Gasteiger charge is 2.15. The van der Waals surface area contributed by atoms with Crippen LogP contribution in [0.25, 0.3) is 10.9 Å². The van der Waals surface area contributed by atoms with Gasteiger partial charge in [0.1, 0.15) is 0 Å². The normalized spacial score (nSPS) is 12.6. The van der Waals surface area contributed by atoms with Crippen molar-refractivity contribution in [2.24, 2.45) is 0 Å². The fourth-order valence-electron chi connectivity index (χ4n) is 1.81. The van der Waals surface area contributed by atoms with Crippen molar-refractivity contribution in [2.75, 3.05) is 0 Å². The van der Waals surface area contributed by atoms with Gasteiger partial charge in [0.25, 0.3) is 0 Å². The van der Waals surface area contributed by atoms with E-state index in [1.165, 1.54) is 5.56 Å². The summed E-state index contributed by atoms with van der Waals surface area (Å²) in [5.41, 5.74) is 3.79. The number of fused-ring (bicyclic) bond motifs is 1. The Morgan fingerprint density at radius 3 is 2.53 bits per heavy atom. The highest BCUT2D eigenvalue weighted by atomic mass is 16.4. The molecule has 1 atom stereocenters. The molecule has 17 heavy (non-hydrogen) atoms. The molecule has 2 aromatic rings. The van der Waals surface area contributed by atoms with Gasteiger partial charge in [-0.15, -0.1) is 0 Å². The van der Waals surface area contributed by atoms with E-state index in [9.17, 15) is 4.79 Å². The van der Waals surface area contributed by atoms with Gasteiger partial charge in [0.05, 0.1) is 17.1 Å². The second-order valence-electron chi connectivity index (χ2n) is 4.38. The van der Waals surface area contributed by atoms with Gasteiger partial charge in [-0.3, -0.25) is 9.78 Å². The van der Waals surface area contributed by atoms with Crippen LogP contribution in [-0.4, -0.2) is 16.1 Å². The van der Waals surface area contributed by atoms with Crippen molar-refractivity contribution in [1.82, 2.24) is 4.98 Å². The average molecular weight is 229 g/mol. The van der Waals surface area contributed by atoms with E-state index >= 15 is 0 Å². The quantitative estimate of drug-likeness (QED) is 0.861. The highest BCUT2D eigenvalue weighted by Crippen LogP contribution is 2.22. The summed E-state index contributed by atoms with van der Waals surface area (Å²) in [6.45, 7) is 5.70. The van der Waals surface area contributed by atoms with Gasteiger partial charge in [-0.2, -0.15) is 0 Å². The molecule has 88 valence electrons. The molecule has 0 aliphatic rings. The van der Waals surface area contributed by atoms with Crippen LogP contribution < -0.4 is 0 Å². The van der Waals surface area contributed by atoms with Crippen LogP contribution in [0.3, 0.4) is 0 Å². The Labute approximate surface area is 100 Å². The molecule has 3 heteroatoms. The molecule has 0 saturated heterocycles. The topological polar surface area (TPSA) is 50.2 Å². The number of carboxylic acid groups (broad SMARTS) is 1. The van der Waals surface area contributed by atoms with Gasteiger partial charge in [0, 0.05) is 5.39 Å². The van der Waals surface area contributed by atoms with Crippen molar-refractivity contribution in [3.05, 3.63) is 41.1 Å². The highest BCUT2D eigenvalue weighted by molar-refractivity contribution is 5.84. The van der Waals surface area contributed by atoms with E-state index in [1.807, 2.05) is 26.0 Å². The van der Waals surface area contributed by atoms with Gasteiger partial charge in [0.2, 0.25) is 0 Å². The molecule has 0 aliphatic heterocycles. The van der Waals surface area contributed by atoms with Gasteiger partial charge in [0.15, 0.2) is 0 Å². The third kappa shape index (κ3) is 2.00. The maximum absolute atomic E-state index is 10.9. The van der Waals surface area contributed by atoms with E-state index < -0.39 is 11.9 Å². The number of aliphatic carboxylic acids is 1. The summed E-state index contributed by atoms with van der Waals surface area (Å²) in [5, 5.41) is 10.0. The van der Waals surface area contributed by atoms with Crippen LogP contribution >= 0.6 is 0 Å². The second kappa shape index (κ2) is 4.17. The predicted molar refractivity (Wildman–Crippen MR) is 67.3 cm³/mol. The van der Waals surface area contributed by atoms with Crippen LogP contribution in [0.5, 0.6) is 0 Å². The number of rotatable bonds is 2. The first kappa shape index (κ1) is 11.6. The van der Waals surface area contributed by atoms with Crippen LogP contribution in [0.4, 0.5) is 0 Å². The first-order valence-corrected chi connectivity index (χ1v) is 5.60. The number of pyridine rings is 1. The Bertz CT molecular complexity index is 590. The molecule has 1 aromatic carbocycles. The minimum absolute atomic E-state index is 0.570. The second-order valence-corrected chi connectivity index (χ2v) is 4.38. The van der Waals surface area contributed by atoms with Crippen molar-refractivity contribution >= 4 is 16.9 Å². The van der Waals surface area contributed by atoms with E-state index in [0.29, 0.717) is 5.69 Å². The van der Waals surface area contributed by atoms with Crippen molar-refractivity contribution in [3.8, 4) is 0 Å². The fourth-order valence-corrected chi connectivity index (χ4v) is 1.81. The average Bonchev–Trinajstić information content (AvgIpc) is 2.32. The molecular formula is C14H15NO2. The molecule has 0 saturated carbocycles. The first-order chi connectivity index (χ1) is 8.00. The maximum Gasteiger partial charge on any atom is 0.312 e. The zero-order valence-corrected chi connectivity index (χ0v) is 10.2. The molecular weight excluding hydrogens is 214 g/mol. The lowest BCUT2D eigenvalue weighted by atomic mass is 10.0. The lowest BCUT2D eigenvalue weighted by molar-refractivity contribution is -0.138. The summed E-state index contributed by atoms with van der Waals surface area (Å²) < 4.78 is 0. The number of nitrogens with zero attached hydrogens (tertiary/aromatic N) is 1. The lowest BCUT2D eigenvalue weighted by Crippen LogP contribution is -2.09. The van der Waals surface area contributed by atoms with Crippen molar-refractivity contribution in [1.29, 1.82) is 0 Å². The summed E-state index contributed by atoms with van der Waals surface area (Å²) >= 11 is 0. The fraction of sp³-hybridized carbons (Fsp3) is 0.286. The van der Waals surface area contributed by atoms with Crippen LogP contribution in [0, 0.1) is 13.8 Å². The predicted octanol–water partition coefficient (Wildman–Crippen LogP) is 3.04. The molecule has 0 amide bonds. The molecule has 3 nitrogen and oxygen atoms in total. The van der Waals surface area contributed by atoms with Gasteiger partial charge in [-0.25, -0.2) is 0 Å². The van der Waals surface area contributed by atoms with Crippen LogP contribution in [0.15, 0.2) is 24.3 Å². The van der Waals surface area contributed by atoms with E-state index in [1.54, 1.807) is 13.0 Å². The number of aryl methyl sites for hydroxylation is 2. The first-order valence-electron chi connectivity index (χ1n) is 5.60. The molecule has 2 rings (SSSR count). The van der Waals surface area contributed by atoms with E-state index in [4.69, 9.17) is 5.11 Å². The summed E-state index contributed by atoms with van der Waals surface area (Å²) in [7, 11) is 0. The van der Waals surface area contributed by atoms with Crippen molar-refractivity contribution < 1.29 is 9.90 Å². The van der Waals surface area contributed by atoms with Gasteiger partial charge in [-0.1, -0.05) is 18.2 Å². The molecule has 1 N–H and O–H groups in total. The van der Waals surface area contributed by atoms with Gasteiger partial charge >= 0.3 is 5.97 Å². The minimum atomic E-state index is -0.845. The van der Waals surface area contributed by atoms with Gasteiger partial charge < -0.3 is 5.11 Å². The van der Waals surface area contributed by atoms with Crippen molar-refractivity contribution in [3.63, 3.8) is 0 Å². The maximum atomic E-state index is 10.9. The lowest BCUT2D eigenvalue weighted by Gasteiger charge is -2.09. The number of benzene rings is 1. The smallest absolute Gasteiger partial charge is 0.312 e. The van der Waals surface area contributed by atoms with E-state index in [0.717, 1.165) is 16.5 Å². The number of carboxylic acids is 1. The molecule has 1 aromatic heterocycles. The molecule has 0 spiro atoms. The monoisotopic (exact) mass is 229 g/mol. The Balaban J connectivity index is 2.64. The third-order valence-corrected chi connectivity index (χ3v) is 3.22. The number of aromatic nitrogens is 1. The largest absolute Gasteiger partial charge is 0.481 e. The van der Waals surface area contributed by atoms with Crippen LogP contribution in [-0.2, 0) is 4.79 Å². The SMILES string of the molecule is Cc1ccc2ccc(C(C)C(=O)O)nc2c1C. The zero-order chi connectivity index (χ0) is 12.6. The molecule has 1 heterocycles. The molecule has 1 unspecified atom stereocenters. The Kier molecular flexibility index (Phi) is 2.84. The van der Waals surface area contributed by atoms with Crippen LogP contribution in [0.1, 0.15) is 29.7 Å². The standard InChI is InChI=1S/C14H15NO2/c1-8-4-5-11-6-7-12(10(3)14(16)17)15-13(11)9(8)2/h4-7,10H,1-3H3,(H,16,17). The van der Waals surface area contributed by atoms with E-state index in [2.05, 4.69) is 11.1 Å². The summed E-state index contributed by atoms with van der Waals surface area (Å²) in [6.07, 6.45) is 0. The number of hydrogen-bond acceptors (Lipinski definition) is 2. The summed E-state index contributed by atoms with van der Waals surface area (Å²) in [6, 6.07) is 7.79. The molecule has 0 aliphatic carbocycles. The number of carbonyl (C=O) groups is 1. The zero-order valence-electron chi connectivity index (χ0n) is 10.2. The third-order valence-electron chi connectivity index (χ3n) is 3.22. The molecule has 0 radical (unpaired) electrons. The Hall–Kier alpha value is -1.90. The summed E-state index contributed by atoms with van der Waals surface area (Å²) in [4.78, 5) is 15.4. The van der Waals surface area contributed by atoms with Crippen molar-refractivity contribution in [2.45, 2.75) is 26.7 Å². The Morgan fingerprint density at radius 1 is 1.24 bits per heavy atom. The molecule has 0 fully saturated rings. The molecule has 0 bridgehead atoms.